The van der Waals surface area contributed by atoms with Gasteiger partial charge in [-0.2, -0.15) is 0 Å². The van der Waals surface area contributed by atoms with Gasteiger partial charge in [-0.1, -0.05) is 67.2 Å². The van der Waals surface area contributed by atoms with Gasteiger partial charge in [-0.25, -0.2) is 0 Å². The molecule has 0 saturated carbocycles. The van der Waals surface area contributed by atoms with Crippen LogP contribution in [0.3, 0.4) is 0 Å². The molecule has 0 saturated heterocycles. The van der Waals surface area contributed by atoms with Crippen molar-refractivity contribution in [3.8, 4) is 0 Å². The number of Topliss-reactive ketones (excluding diaryl/α,β-unsaturated/α-hetero) is 1. The van der Waals surface area contributed by atoms with Gasteiger partial charge in [0.2, 0.25) is 0 Å². The number of carbonyl (C=O) groups excluding carboxylic acids is 2. The van der Waals surface area contributed by atoms with E-state index >= 15 is 0 Å². The lowest BCUT2D eigenvalue weighted by molar-refractivity contribution is -0.147. The maximum absolute atomic E-state index is 13.6. The fourth-order valence-corrected chi connectivity index (χ4v) is 5.22. The molecule has 0 amide bonds. The van der Waals surface area contributed by atoms with Crippen molar-refractivity contribution in [2.75, 3.05) is 6.61 Å². The summed E-state index contributed by atoms with van der Waals surface area (Å²) >= 11 is 0. The van der Waals surface area contributed by atoms with E-state index in [1.54, 1.807) is 12.4 Å². The summed E-state index contributed by atoms with van der Waals surface area (Å²) in [5.41, 5.74) is 5.20. The molecule has 1 aliphatic carbocycles. The van der Waals surface area contributed by atoms with E-state index in [-0.39, 0.29) is 24.3 Å². The molecule has 1 aliphatic heterocycles. The summed E-state index contributed by atoms with van der Waals surface area (Å²) in [6.45, 7) is 4.47. The van der Waals surface area contributed by atoms with E-state index in [9.17, 15) is 9.59 Å². The first-order valence-corrected chi connectivity index (χ1v) is 12.0. The predicted molar refractivity (Wildman–Crippen MR) is 134 cm³/mol. The molecule has 176 valence electrons. The summed E-state index contributed by atoms with van der Waals surface area (Å²) in [6, 6.07) is 23.8. The summed E-state index contributed by atoms with van der Waals surface area (Å²) in [4.78, 5) is 31.1. The van der Waals surface area contributed by atoms with Crippen molar-refractivity contribution < 1.29 is 14.3 Å². The number of ketones is 1. The first kappa shape index (κ1) is 22.8. The molecule has 3 unspecified atom stereocenters. The Hall–Kier alpha value is -3.99. The number of nitrogens with zero attached hydrogens (tertiary/aromatic N) is 1. The highest BCUT2D eigenvalue weighted by molar-refractivity contribution is 6.01. The first-order chi connectivity index (χ1) is 17.1. The molecule has 2 aliphatic rings. The number of pyridine rings is 1. The van der Waals surface area contributed by atoms with Crippen molar-refractivity contribution in [3.63, 3.8) is 0 Å². The Morgan fingerprint density at radius 1 is 0.943 bits per heavy atom. The third-order valence-corrected chi connectivity index (χ3v) is 6.91. The molecule has 2 aromatic carbocycles. The minimum atomic E-state index is -0.691. The fraction of sp³-hybridized carbons (Fsp3) is 0.233. The second-order valence-corrected chi connectivity index (χ2v) is 9.12. The third kappa shape index (κ3) is 4.80. The van der Waals surface area contributed by atoms with Gasteiger partial charge in [0.25, 0.3) is 0 Å². The normalized spacial score (nSPS) is 21.8. The van der Waals surface area contributed by atoms with Crippen LogP contribution in [0.25, 0.3) is 0 Å². The number of rotatable bonds is 6. The summed E-state index contributed by atoms with van der Waals surface area (Å²) in [5.74, 6) is -1.36. The number of esters is 1. The number of carbonyl (C=O) groups is 2. The van der Waals surface area contributed by atoms with Crippen LogP contribution in [-0.4, -0.2) is 23.3 Å². The highest BCUT2D eigenvalue weighted by atomic mass is 16.5. The van der Waals surface area contributed by atoms with E-state index < -0.39 is 11.8 Å². The second kappa shape index (κ2) is 10.1. The van der Waals surface area contributed by atoms with Gasteiger partial charge < -0.3 is 10.1 Å². The van der Waals surface area contributed by atoms with Gasteiger partial charge in [-0.15, -0.1) is 0 Å². The number of allylic oxidation sites excluding steroid dienone is 2. The second-order valence-electron chi connectivity index (χ2n) is 9.12. The zero-order valence-corrected chi connectivity index (χ0v) is 19.5. The molecule has 35 heavy (non-hydrogen) atoms. The molecule has 2 heterocycles. The van der Waals surface area contributed by atoms with Gasteiger partial charge in [0, 0.05) is 48.1 Å². The Bertz CT molecular complexity index is 1250. The maximum Gasteiger partial charge on any atom is 0.315 e. The Morgan fingerprint density at radius 2 is 1.63 bits per heavy atom. The average Bonchev–Trinajstić information content (AvgIpc) is 2.89. The van der Waals surface area contributed by atoms with Gasteiger partial charge in [0.1, 0.15) is 5.92 Å². The molecule has 5 nitrogen and oxygen atoms in total. The SMILES string of the molecule is C=C1NC2=C(C(=O)CC(c3ccccc3)C2)C(c2ccncc2)C1C(=O)OCCc1ccccc1. The lowest BCUT2D eigenvalue weighted by atomic mass is 9.69. The summed E-state index contributed by atoms with van der Waals surface area (Å²) in [5, 5.41) is 3.34. The van der Waals surface area contributed by atoms with Crippen molar-refractivity contribution in [1.82, 2.24) is 10.3 Å². The molecular weight excluding hydrogens is 436 g/mol. The fourth-order valence-electron chi connectivity index (χ4n) is 5.22. The molecule has 0 bridgehead atoms. The van der Waals surface area contributed by atoms with Crippen LogP contribution >= 0.6 is 0 Å². The molecule has 0 radical (unpaired) electrons. The monoisotopic (exact) mass is 464 g/mol. The van der Waals surface area contributed by atoms with Gasteiger partial charge in [-0.3, -0.25) is 14.6 Å². The number of nitrogens with one attached hydrogen (secondary N) is 1. The van der Waals surface area contributed by atoms with Crippen LogP contribution in [0.5, 0.6) is 0 Å². The molecule has 3 aromatic rings. The van der Waals surface area contributed by atoms with Crippen LogP contribution in [0, 0.1) is 5.92 Å². The van der Waals surface area contributed by atoms with Crippen molar-refractivity contribution in [3.05, 3.63) is 125 Å². The quantitative estimate of drug-likeness (QED) is 0.515. The molecule has 0 spiro atoms. The number of benzene rings is 2. The smallest absolute Gasteiger partial charge is 0.315 e. The van der Waals surface area contributed by atoms with E-state index in [4.69, 9.17) is 4.74 Å². The Balaban J connectivity index is 1.44. The van der Waals surface area contributed by atoms with E-state index in [1.807, 2.05) is 60.7 Å². The van der Waals surface area contributed by atoms with Crippen LogP contribution in [0.2, 0.25) is 0 Å². The number of hydrogen-bond donors (Lipinski definition) is 1. The topological polar surface area (TPSA) is 68.3 Å². The van der Waals surface area contributed by atoms with Gasteiger partial charge in [0.05, 0.1) is 6.61 Å². The largest absolute Gasteiger partial charge is 0.465 e. The molecule has 3 atom stereocenters. The molecule has 1 aromatic heterocycles. The molecule has 0 fully saturated rings. The number of ether oxygens (including phenoxy) is 1. The number of hydrogen-bond acceptors (Lipinski definition) is 5. The van der Waals surface area contributed by atoms with E-state index in [0.29, 0.717) is 30.5 Å². The zero-order chi connectivity index (χ0) is 24.2. The lowest BCUT2D eigenvalue weighted by Gasteiger charge is -2.40. The zero-order valence-electron chi connectivity index (χ0n) is 19.5. The van der Waals surface area contributed by atoms with Crippen LogP contribution < -0.4 is 5.32 Å². The predicted octanol–water partition coefficient (Wildman–Crippen LogP) is 5.09. The molecule has 5 heteroatoms. The van der Waals surface area contributed by atoms with Crippen LogP contribution in [0.4, 0.5) is 0 Å². The Morgan fingerprint density at radius 3 is 2.34 bits per heavy atom. The van der Waals surface area contributed by atoms with Crippen LogP contribution in [-0.2, 0) is 20.7 Å². The van der Waals surface area contributed by atoms with Gasteiger partial charge >= 0.3 is 5.97 Å². The molecular formula is C30H28N2O3. The van der Waals surface area contributed by atoms with Crippen molar-refractivity contribution in [2.24, 2.45) is 5.92 Å². The molecule has 5 rings (SSSR count). The van der Waals surface area contributed by atoms with Gasteiger partial charge in [0.15, 0.2) is 5.78 Å². The highest BCUT2D eigenvalue weighted by Gasteiger charge is 2.45. The van der Waals surface area contributed by atoms with E-state index in [2.05, 4.69) is 29.0 Å². The lowest BCUT2D eigenvalue weighted by Crippen LogP contribution is -2.42. The third-order valence-electron chi connectivity index (χ3n) is 6.91. The van der Waals surface area contributed by atoms with E-state index in [0.717, 1.165) is 22.4 Å². The standard InChI is InChI=1S/C30H28N2O3/c1-20-27(30(34)35-17-14-21-8-4-2-5-9-21)28(23-12-15-31-16-13-23)29-25(32-20)18-24(19-26(29)33)22-10-6-3-7-11-22/h2-13,15-16,24,27-28,32H,1,14,17-19H2. The van der Waals surface area contributed by atoms with E-state index in [1.165, 1.54) is 0 Å². The Labute approximate surface area is 205 Å². The average molecular weight is 465 g/mol. The van der Waals surface area contributed by atoms with Crippen molar-refractivity contribution >= 4 is 11.8 Å². The summed E-state index contributed by atoms with van der Waals surface area (Å²) in [6.07, 6.45) is 5.12. The minimum Gasteiger partial charge on any atom is -0.465 e. The summed E-state index contributed by atoms with van der Waals surface area (Å²) < 4.78 is 5.72. The minimum absolute atomic E-state index is 0.0593. The van der Waals surface area contributed by atoms with Crippen molar-refractivity contribution in [1.29, 1.82) is 0 Å². The van der Waals surface area contributed by atoms with Crippen molar-refractivity contribution in [2.45, 2.75) is 31.1 Å². The Kier molecular flexibility index (Phi) is 6.57. The number of aromatic nitrogens is 1. The van der Waals surface area contributed by atoms with Gasteiger partial charge in [-0.05, 0) is 41.2 Å². The maximum atomic E-state index is 13.6. The first-order valence-electron chi connectivity index (χ1n) is 12.0. The summed E-state index contributed by atoms with van der Waals surface area (Å²) in [7, 11) is 0. The van der Waals surface area contributed by atoms with Crippen LogP contribution in [0.1, 0.15) is 41.4 Å². The molecule has 1 N–H and O–H groups in total. The highest BCUT2D eigenvalue weighted by Crippen LogP contribution is 2.47. The van der Waals surface area contributed by atoms with Crippen LogP contribution in [0.15, 0.2) is 109 Å².